The lowest BCUT2D eigenvalue weighted by atomic mass is 10.1. The number of benzene rings is 1. The molecule has 2 rings (SSSR count). The number of para-hydroxylation sites is 1. The van der Waals surface area contributed by atoms with Crippen LogP contribution in [0.2, 0.25) is 0 Å². The first kappa shape index (κ1) is 11.5. The molecule has 0 spiro atoms. The maximum Gasteiger partial charge on any atom is 0.252 e. The molecule has 0 radical (unpaired) electrons. The topological polar surface area (TPSA) is 78.3 Å². The zero-order valence-electron chi connectivity index (χ0n) is 9.05. The van der Waals surface area contributed by atoms with Crippen LogP contribution in [-0.4, -0.2) is 5.91 Å². The third-order valence-electron chi connectivity index (χ3n) is 2.25. The molecule has 0 atom stereocenters. The summed E-state index contributed by atoms with van der Waals surface area (Å²) in [5.74, 6) is -0.188. The minimum absolute atomic E-state index is 0.307. The summed E-state index contributed by atoms with van der Waals surface area (Å²) in [5, 5.41) is 1.96. The Balaban J connectivity index is 2.22. The van der Waals surface area contributed by atoms with Crippen molar-refractivity contribution in [3.8, 4) is 5.75 Å². The van der Waals surface area contributed by atoms with Crippen LogP contribution < -0.4 is 16.2 Å². The van der Waals surface area contributed by atoms with Gasteiger partial charge in [0.1, 0.15) is 6.61 Å². The van der Waals surface area contributed by atoms with Crippen molar-refractivity contribution < 1.29 is 9.53 Å². The van der Waals surface area contributed by atoms with E-state index in [1.54, 1.807) is 29.5 Å². The first-order valence-corrected chi connectivity index (χ1v) is 5.90. The van der Waals surface area contributed by atoms with Crippen LogP contribution in [0.5, 0.6) is 5.75 Å². The molecule has 0 unspecified atom stereocenters. The minimum Gasteiger partial charge on any atom is -0.485 e. The third-order valence-corrected chi connectivity index (χ3v) is 3.10. The van der Waals surface area contributed by atoms with Crippen molar-refractivity contribution in [3.63, 3.8) is 0 Å². The highest BCUT2D eigenvalue weighted by molar-refractivity contribution is 7.09. The average molecular weight is 248 g/mol. The summed E-state index contributed by atoms with van der Waals surface area (Å²) in [6.45, 7) is 0.381. The number of hydrogen-bond donors (Lipinski definition) is 2. The molecule has 0 fully saturated rings. The number of carbonyl (C=O) groups is 1. The number of nitrogens with two attached hydrogens (primary N) is 2. The van der Waals surface area contributed by atoms with Gasteiger partial charge in [0.05, 0.1) is 11.3 Å². The lowest BCUT2D eigenvalue weighted by Gasteiger charge is -2.11. The van der Waals surface area contributed by atoms with Crippen LogP contribution in [0.25, 0.3) is 0 Å². The van der Waals surface area contributed by atoms with Gasteiger partial charge in [-0.3, -0.25) is 4.79 Å². The predicted molar refractivity (Wildman–Crippen MR) is 68.0 cm³/mol. The Bertz CT molecular complexity index is 523. The van der Waals surface area contributed by atoms with Gasteiger partial charge in [-0.2, -0.15) is 0 Å². The smallest absolute Gasteiger partial charge is 0.252 e. The van der Waals surface area contributed by atoms with Crippen LogP contribution in [0.15, 0.2) is 35.7 Å². The fourth-order valence-electron chi connectivity index (χ4n) is 1.45. The largest absolute Gasteiger partial charge is 0.485 e. The number of rotatable bonds is 4. The molecule has 0 bridgehead atoms. The van der Waals surface area contributed by atoms with E-state index in [9.17, 15) is 4.79 Å². The molecule has 1 aromatic carbocycles. The van der Waals surface area contributed by atoms with Gasteiger partial charge in [-0.1, -0.05) is 12.1 Å². The van der Waals surface area contributed by atoms with E-state index < -0.39 is 5.91 Å². The Morgan fingerprint density at radius 1 is 1.29 bits per heavy atom. The maximum atomic E-state index is 11.2. The molecular formula is C12H12N2O2S. The van der Waals surface area contributed by atoms with Gasteiger partial charge in [-0.05, 0) is 23.6 Å². The van der Waals surface area contributed by atoms with E-state index in [0.29, 0.717) is 23.6 Å². The fourth-order valence-corrected chi connectivity index (χ4v) is 2.06. The van der Waals surface area contributed by atoms with E-state index in [1.807, 2.05) is 17.5 Å². The van der Waals surface area contributed by atoms with Gasteiger partial charge in [0.2, 0.25) is 0 Å². The second kappa shape index (κ2) is 4.88. The highest BCUT2D eigenvalue weighted by atomic mass is 32.1. The van der Waals surface area contributed by atoms with Gasteiger partial charge < -0.3 is 16.2 Å². The fraction of sp³-hybridized carbons (Fsp3) is 0.0833. The molecule has 0 saturated heterocycles. The second-order valence-corrected chi connectivity index (χ2v) is 4.49. The second-order valence-electron chi connectivity index (χ2n) is 3.46. The van der Waals surface area contributed by atoms with Gasteiger partial charge in [0.15, 0.2) is 5.75 Å². The SMILES string of the molecule is NC(=O)c1cccc(N)c1OCc1cccs1. The molecule has 5 heteroatoms. The monoisotopic (exact) mass is 248 g/mol. The van der Waals surface area contributed by atoms with Crippen LogP contribution >= 0.6 is 11.3 Å². The number of hydrogen-bond acceptors (Lipinski definition) is 4. The van der Waals surface area contributed by atoms with Crippen LogP contribution in [0, 0.1) is 0 Å². The molecule has 4 nitrogen and oxygen atoms in total. The number of ether oxygens (including phenoxy) is 1. The van der Waals surface area contributed by atoms with Crippen molar-refractivity contribution in [2.75, 3.05) is 5.73 Å². The summed E-state index contributed by atoms with van der Waals surface area (Å²) >= 11 is 1.58. The van der Waals surface area contributed by atoms with E-state index in [1.165, 1.54) is 0 Å². The first-order chi connectivity index (χ1) is 8.18. The van der Waals surface area contributed by atoms with Crippen molar-refractivity contribution in [2.24, 2.45) is 5.73 Å². The molecule has 0 aliphatic heterocycles. The van der Waals surface area contributed by atoms with Gasteiger partial charge >= 0.3 is 0 Å². The Labute approximate surface area is 103 Å². The quantitative estimate of drug-likeness (QED) is 0.812. The summed E-state index contributed by atoms with van der Waals surface area (Å²) in [4.78, 5) is 12.3. The van der Waals surface area contributed by atoms with Crippen molar-refractivity contribution >= 4 is 22.9 Å². The summed E-state index contributed by atoms with van der Waals surface area (Å²) < 4.78 is 5.56. The van der Waals surface area contributed by atoms with E-state index in [-0.39, 0.29) is 0 Å². The highest BCUT2D eigenvalue weighted by Crippen LogP contribution is 2.27. The summed E-state index contributed by atoms with van der Waals surface area (Å²) in [6.07, 6.45) is 0. The van der Waals surface area contributed by atoms with Crippen molar-refractivity contribution in [1.29, 1.82) is 0 Å². The number of anilines is 1. The van der Waals surface area contributed by atoms with Crippen LogP contribution in [0.3, 0.4) is 0 Å². The summed E-state index contributed by atoms with van der Waals surface area (Å²) in [7, 11) is 0. The van der Waals surface area contributed by atoms with E-state index in [2.05, 4.69) is 0 Å². The normalized spacial score (nSPS) is 10.1. The van der Waals surface area contributed by atoms with E-state index in [4.69, 9.17) is 16.2 Å². The van der Waals surface area contributed by atoms with E-state index in [0.717, 1.165) is 4.88 Å². The average Bonchev–Trinajstić information content (AvgIpc) is 2.80. The summed E-state index contributed by atoms with van der Waals surface area (Å²) in [5.41, 5.74) is 11.8. The predicted octanol–water partition coefficient (Wildman–Crippen LogP) is 2.01. The molecule has 88 valence electrons. The zero-order chi connectivity index (χ0) is 12.3. The van der Waals surface area contributed by atoms with Gasteiger partial charge in [-0.15, -0.1) is 11.3 Å². The Morgan fingerprint density at radius 2 is 2.12 bits per heavy atom. The molecule has 0 aliphatic carbocycles. The number of thiophene rings is 1. The molecule has 1 aromatic heterocycles. The molecule has 0 saturated carbocycles. The molecule has 17 heavy (non-hydrogen) atoms. The number of primary amides is 1. The lowest BCUT2D eigenvalue weighted by Crippen LogP contribution is -2.14. The lowest BCUT2D eigenvalue weighted by molar-refractivity contribution is 0.0996. The Kier molecular flexibility index (Phi) is 3.30. The molecular weight excluding hydrogens is 236 g/mol. The standard InChI is InChI=1S/C12H12N2O2S/c13-10-5-1-4-9(12(14)15)11(10)16-7-8-3-2-6-17-8/h1-6H,7,13H2,(H2,14,15). The molecule has 1 heterocycles. The van der Waals surface area contributed by atoms with Gasteiger partial charge in [0.25, 0.3) is 5.91 Å². The Hall–Kier alpha value is -2.01. The minimum atomic E-state index is -0.543. The van der Waals surface area contributed by atoms with Crippen LogP contribution in [0.1, 0.15) is 15.2 Å². The van der Waals surface area contributed by atoms with Crippen LogP contribution in [0.4, 0.5) is 5.69 Å². The number of amides is 1. The van der Waals surface area contributed by atoms with Crippen LogP contribution in [-0.2, 0) is 6.61 Å². The van der Waals surface area contributed by atoms with E-state index >= 15 is 0 Å². The van der Waals surface area contributed by atoms with Gasteiger partial charge in [0, 0.05) is 4.88 Å². The highest BCUT2D eigenvalue weighted by Gasteiger charge is 2.12. The maximum absolute atomic E-state index is 11.2. The molecule has 1 amide bonds. The first-order valence-electron chi connectivity index (χ1n) is 5.02. The number of nitrogen functional groups attached to an aromatic ring is 1. The Morgan fingerprint density at radius 3 is 2.76 bits per heavy atom. The van der Waals surface area contributed by atoms with Crippen molar-refractivity contribution in [3.05, 3.63) is 46.2 Å². The van der Waals surface area contributed by atoms with Crippen molar-refractivity contribution in [1.82, 2.24) is 0 Å². The third kappa shape index (κ3) is 2.57. The summed E-state index contributed by atoms with van der Waals surface area (Å²) in [6, 6.07) is 8.84. The van der Waals surface area contributed by atoms with Gasteiger partial charge in [-0.25, -0.2) is 0 Å². The number of carbonyl (C=O) groups excluding carboxylic acids is 1. The van der Waals surface area contributed by atoms with Crippen molar-refractivity contribution in [2.45, 2.75) is 6.61 Å². The molecule has 0 aliphatic rings. The molecule has 4 N–H and O–H groups in total. The molecule has 2 aromatic rings. The zero-order valence-corrected chi connectivity index (χ0v) is 9.87.